The second-order valence-corrected chi connectivity index (χ2v) is 5.60. The molecule has 2 N–H and O–H groups in total. The molecule has 0 saturated heterocycles. The lowest BCUT2D eigenvalue weighted by molar-refractivity contribution is 0.234. The van der Waals surface area contributed by atoms with Gasteiger partial charge in [0.05, 0.1) is 6.61 Å². The van der Waals surface area contributed by atoms with Gasteiger partial charge in [-0.15, -0.1) is 0 Å². The van der Waals surface area contributed by atoms with E-state index in [1.54, 1.807) is 12.1 Å². The molecule has 5 nitrogen and oxygen atoms in total. The van der Waals surface area contributed by atoms with E-state index in [4.69, 9.17) is 9.47 Å². The first-order valence-corrected chi connectivity index (χ1v) is 8.09. The van der Waals surface area contributed by atoms with Gasteiger partial charge in [0.25, 0.3) is 0 Å². The maximum absolute atomic E-state index is 11.8. The number of anilines is 1. The number of benzene rings is 2. The topological polar surface area (TPSA) is 59.6 Å². The van der Waals surface area contributed by atoms with E-state index in [1.165, 1.54) is 5.56 Å². The fourth-order valence-corrected chi connectivity index (χ4v) is 2.11. The molecular weight excluding hydrogens is 304 g/mol. The van der Waals surface area contributed by atoms with Crippen molar-refractivity contribution in [2.45, 2.75) is 26.7 Å². The molecule has 24 heavy (non-hydrogen) atoms. The Morgan fingerprint density at radius 2 is 1.54 bits per heavy atom. The second kappa shape index (κ2) is 8.82. The van der Waals surface area contributed by atoms with Crippen molar-refractivity contribution in [3.05, 3.63) is 54.1 Å². The minimum absolute atomic E-state index is 0.0872. The Hall–Kier alpha value is -2.69. The highest BCUT2D eigenvalue weighted by atomic mass is 16.5. The summed E-state index contributed by atoms with van der Waals surface area (Å²) in [6, 6.07) is 14.8. The molecule has 0 aliphatic carbocycles. The number of rotatable bonds is 7. The van der Waals surface area contributed by atoms with E-state index in [-0.39, 0.29) is 12.8 Å². The summed E-state index contributed by atoms with van der Waals surface area (Å²) in [7, 11) is 0. The van der Waals surface area contributed by atoms with Gasteiger partial charge in [-0.1, -0.05) is 26.0 Å². The van der Waals surface area contributed by atoms with E-state index in [2.05, 4.69) is 24.5 Å². The van der Waals surface area contributed by atoms with Gasteiger partial charge in [0.1, 0.15) is 11.5 Å². The van der Waals surface area contributed by atoms with Crippen LogP contribution < -0.4 is 20.1 Å². The summed E-state index contributed by atoms with van der Waals surface area (Å²) in [6.45, 7) is 6.91. The number of carbonyl (C=O) groups is 1. The largest absolute Gasteiger partial charge is 0.494 e. The summed E-state index contributed by atoms with van der Waals surface area (Å²) in [4.78, 5) is 11.8. The van der Waals surface area contributed by atoms with Crippen molar-refractivity contribution in [1.29, 1.82) is 0 Å². The third-order valence-corrected chi connectivity index (χ3v) is 3.44. The van der Waals surface area contributed by atoms with E-state index in [0.717, 1.165) is 11.4 Å². The van der Waals surface area contributed by atoms with E-state index >= 15 is 0 Å². The monoisotopic (exact) mass is 328 g/mol. The molecule has 0 aromatic heterocycles. The zero-order valence-corrected chi connectivity index (χ0v) is 14.3. The molecule has 0 aliphatic heterocycles. The van der Waals surface area contributed by atoms with Crippen LogP contribution in [-0.2, 0) is 0 Å². The molecule has 0 spiro atoms. The molecule has 0 aliphatic rings. The quantitative estimate of drug-likeness (QED) is 0.742. The average Bonchev–Trinajstić information content (AvgIpc) is 2.57. The molecule has 0 saturated carbocycles. The molecule has 128 valence electrons. The third kappa shape index (κ3) is 5.50. The average molecular weight is 328 g/mol. The summed E-state index contributed by atoms with van der Waals surface area (Å²) in [5, 5.41) is 5.42. The molecule has 2 rings (SSSR count). The third-order valence-electron chi connectivity index (χ3n) is 3.44. The van der Waals surface area contributed by atoms with Crippen molar-refractivity contribution in [3.63, 3.8) is 0 Å². The Labute approximate surface area is 143 Å². The molecule has 2 aromatic rings. The number of amides is 2. The zero-order chi connectivity index (χ0) is 17.4. The van der Waals surface area contributed by atoms with Gasteiger partial charge in [0, 0.05) is 5.69 Å². The second-order valence-electron chi connectivity index (χ2n) is 5.60. The zero-order valence-electron chi connectivity index (χ0n) is 14.3. The van der Waals surface area contributed by atoms with Crippen LogP contribution in [-0.4, -0.2) is 19.4 Å². The number of hydrogen-bond donors (Lipinski definition) is 2. The molecule has 0 fully saturated rings. The minimum Gasteiger partial charge on any atom is -0.494 e. The SMILES string of the molecule is CCOc1ccc(OCNC(=O)Nc2ccc(C(C)C)cc2)cc1. The van der Waals surface area contributed by atoms with Crippen molar-refractivity contribution < 1.29 is 14.3 Å². The number of carbonyl (C=O) groups excluding carboxylic acids is 1. The maximum Gasteiger partial charge on any atom is 0.321 e. The first-order valence-electron chi connectivity index (χ1n) is 8.09. The van der Waals surface area contributed by atoms with Crippen LogP contribution in [0.1, 0.15) is 32.3 Å². The lowest BCUT2D eigenvalue weighted by Gasteiger charge is -2.11. The Bertz CT molecular complexity index is 637. The number of ether oxygens (including phenoxy) is 2. The Morgan fingerprint density at radius 1 is 0.958 bits per heavy atom. The summed E-state index contributed by atoms with van der Waals surface area (Å²) >= 11 is 0. The van der Waals surface area contributed by atoms with Crippen LogP contribution in [0, 0.1) is 0 Å². The number of nitrogens with one attached hydrogen (secondary N) is 2. The smallest absolute Gasteiger partial charge is 0.321 e. The lowest BCUT2D eigenvalue weighted by Crippen LogP contribution is -2.31. The molecule has 0 atom stereocenters. The highest BCUT2D eigenvalue weighted by Crippen LogP contribution is 2.18. The van der Waals surface area contributed by atoms with Gasteiger partial charge in [0.15, 0.2) is 6.73 Å². The van der Waals surface area contributed by atoms with Gasteiger partial charge in [-0.25, -0.2) is 4.79 Å². The lowest BCUT2D eigenvalue weighted by atomic mass is 10.0. The van der Waals surface area contributed by atoms with Gasteiger partial charge >= 0.3 is 6.03 Å². The van der Waals surface area contributed by atoms with Crippen LogP contribution in [0.25, 0.3) is 0 Å². The van der Waals surface area contributed by atoms with Crippen LogP contribution in [0.5, 0.6) is 11.5 Å². The van der Waals surface area contributed by atoms with E-state index in [9.17, 15) is 4.79 Å². The molecule has 0 unspecified atom stereocenters. The van der Waals surface area contributed by atoms with Crippen molar-refractivity contribution in [3.8, 4) is 11.5 Å². The molecule has 0 radical (unpaired) electrons. The number of urea groups is 1. The van der Waals surface area contributed by atoms with Crippen LogP contribution in [0.2, 0.25) is 0 Å². The molecule has 2 aromatic carbocycles. The predicted octanol–water partition coefficient (Wildman–Crippen LogP) is 4.37. The highest BCUT2D eigenvalue weighted by Gasteiger charge is 2.03. The van der Waals surface area contributed by atoms with E-state index < -0.39 is 0 Å². The first-order chi connectivity index (χ1) is 11.6. The van der Waals surface area contributed by atoms with Gasteiger partial charge in [-0.2, -0.15) is 0 Å². The highest BCUT2D eigenvalue weighted by molar-refractivity contribution is 5.89. The van der Waals surface area contributed by atoms with Gasteiger partial charge < -0.3 is 20.1 Å². The molecular formula is C19H24N2O3. The number of hydrogen-bond acceptors (Lipinski definition) is 3. The molecule has 0 heterocycles. The van der Waals surface area contributed by atoms with Gasteiger partial charge in [-0.3, -0.25) is 0 Å². The predicted molar refractivity (Wildman–Crippen MR) is 95.8 cm³/mol. The Balaban J connectivity index is 1.74. The first kappa shape index (κ1) is 17.7. The van der Waals surface area contributed by atoms with Crippen molar-refractivity contribution in [2.75, 3.05) is 18.7 Å². The van der Waals surface area contributed by atoms with Crippen molar-refractivity contribution >= 4 is 11.7 Å². The Morgan fingerprint density at radius 3 is 2.08 bits per heavy atom. The summed E-state index contributed by atoms with van der Waals surface area (Å²) in [6.07, 6.45) is 0. The normalized spacial score (nSPS) is 10.3. The maximum atomic E-state index is 11.8. The minimum atomic E-state index is -0.307. The van der Waals surface area contributed by atoms with Crippen LogP contribution in [0.15, 0.2) is 48.5 Å². The molecule has 2 amide bonds. The fourth-order valence-electron chi connectivity index (χ4n) is 2.11. The van der Waals surface area contributed by atoms with E-state index in [0.29, 0.717) is 18.3 Å². The molecule has 0 bridgehead atoms. The summed E-state index contributed by atoms with van der Waals surface area (Å²) in [5.74, 6) is 1.93. The summed E-state index contributed by atoms with van der Waals surface area (Å²) < 4.78 is 10.8. The van der Waals surface area contributed by atoms with Crippen LogP contribution >= 0.6 is 0 Å². The van der Waals surface area contributed by atoms with Gasteiger partial charge in [0.2, 0.25) is 0 Å². The van der Waals surface area contributed by atoms with Crippen LogP contribution in [0.4, 0.5) is 10.5 Å². The fraction of sp³-hybridized carbons (Fsp3) is 0.316. The molecule has 5 heteroatoms. The van der Waals surface area contributed by atoms with Crippen molar-refractivity contribution in [2.24, 2.45) is 0 Å². The van der Waals surface area contributed by atoms with Gasteiger partial charge in [-0.05, 0) is 54.8 Å². The Kier molecular flexibility index (Phi) is 6.49. The van der Waals surface area contributed by atoms with Crippen molar-refractivity contribution in [1.82, 2.24) is 5.32 Å². The summed E-state index contributed by atoms with van der Waals surface area (Å²) in [5.41, 5.74) is 1.98. The van der Waals surface area contributed by atoms with E-state index in [1.807, 2.05) is 43.3 Å². The van der Waals surface area contributed by atoms with Crippen LogP contribution in [0.3, 0.4) is 0 Å². The standard InChI is InChI=1S/C19H24N2O3/c1-4-23-17-9-11-18(12-10-17)24-13-20-19(22)21-16-7-5-15(6-8-16)14(2)3/h5-12,14H,4,13H2,1-3H3,(H2,20,21,22).